The van der Waals surface area contributed by atoms with Gasteiger partial charge in [0.15, 0.2) is 5.65 Å². The van der Waals surface area contributed by atoms with Crippen LogP contribution in [0.15, 0.2) is 54.7 Å². The molecule has 0 aliphatic carbocycles. The second-order valence-electron chi connectivity index (χ2n) is 4.60. The number of nitrogens with zero attached hydrogens (tertiary/aromatic N) is 3. The molecule has 2 aromatic heterocycles. The summed E-state index contributed by atoms with van der Waals surface area (Å²) >= 11 is 0. The van der Waals surface area contributed by atoms with E-state index >= 15 is 0 Å². The lowest BCUT2D eigenvalue weighted by atomic mass is 10.0. The fraction of sp³-hybridized carbons (Fsp3) is 0.200. The van der Waals surface area contributed by atoms with Crippen molar-refractivity contribution in [3.8, 4) is 0 Å². The van der Waals surface area contributed by atoms with E-state index in [1.165, 1.54) is 0 Å². The Hall–Kier alpha value is -2.20. The van der Waals surface area contributed by atoms with Gasteiger partial charge in [-0.1, -0.05) is 36.4 Å². The van der Waals surface area contributed by atoms with E-state index < -0.39 is 0 Å². The highest BCUT2D eigenvalue weighted by Crippen LogP contribution is 2.16. The Morgan fingerprint density at radius 3 is 2.63 bits per heavy atom. The van der Waals surface area contributed by atoms with Crippen LogP contribution in [0.25, 0.3) is 5.65 Å². The summed E-state index contributed by atoms with van der Waals surface area (Å²) in [6.07, 6.45) is 3.67. The molecule has 0 aliphatic rings. The first-order chi connectivity index (χ1) is 9.34. The second kappa shape index (κ2) is 5.20. The van der Waals surface area contributed by atoms with Gasteiger partial charge < -0.3 is 5.73 Å². The standard InChI is InChI=1S/C15H16N4/c16-13(12-6-2-1-3-7-12)9-10-15-18-17-14-8-4-5-11-19(14)15/h1-8,11,13H,9-10,16H2. The molecule has 4 heteroatoms. The molecule has 2 heterocycles. The summed E-state index contributed by atoms with van der Waals surface area (Å²) in [5, 5.41) is 8.36. The SMILES string of the molecule is NC(CCc1nnc2ccccn12)c1ccccc1. The van der Waals surface area contributed by atoms with Crippen LogP contribution in [-0.2, 0) is 6.42 Å². The number of aryl methyl sites for hydroxylation is 1. The average Bonchev–Trinajstić information content (AvgIpc) is 2.89. The summed E-state index contributed by atoms with van der Waals surface area (Å²) in [5.41, 5.74) is 8.24. The third kappa shape index (κ3) is 2.48. The van der Waals surface area contributed by atoms with E-state index in [1.807, 2.05) is 47.0 Å². The molecule has 1 unspecified atom stereocenters. The van der Waals surface area contributed by atoms with E-state index in [0.717, 1.165) is 29.9 Å². The largest absolute Gasteiger partial charge is 0.324 e. The molecule has 0 aliphatic heterocycles. The fourth-order valence-electron chi connectivity index (χ4n) is 2.21. The van der Waals surface area contributed by atoms with Gasteiger partial charge in [0.05, 0.1) is 0 Å². The number of nitrogens with two attached hydrogens (primary N) is 1. The molecule has 1 aromatic carbocycles. The van der Waals surface area contributed by atoms with Crippen LogP contribution in [-0.4, -0.2) is 14.6 Å². The van der Waals surface area contributed by atoms with Crippen LogP contribution >= 0.6 is 0 Å². The molecule has 0 radical (unpaired) electrons. The number of pyridine rings is 1. The Bertz CT molecular complexity index is 660. The van der Waals surface area contributed by atoms with Crippen molar-refractivity contribution in [2.45, 2.75) is 18.9 Å². The van der Waals surface area contributed by atoms with E-state index in [4.69, 9.17) is 5.73 Å². The summed E-state index contributed by atoms with van der Waals surface area (Å²) in [4.78, 5) is 0. The van der Waals surface area contributed by atoms with Gasteiger partial charge in [0.2, 0.25) is 0 Å². The topological polar surface area (TPSA) is 56.2 Å². The van der Waals surface area contributed by atoms with Gasteiger partial charge in [-0.3, -0.25) is 4.40 Å². The summed E-state index contributed by atoms with van der Waals surface area (Å²) in [6, 6.07) is 16.1. The smallest absolute Gasteiger partial charge is 0.160 e. The zero-order chi connectivity index (χ0) is 13.1. The van der Waals surface area contributed by atoms with Gasteiger partial charge in [0, 0.05) is 18.7 Å². The molecule has 3 rings (SSSR count). The minimum atomic E-state index is 0.0391. The van der Waals surface area contributed by atoms with Crippen molar-refractivity contribution in [2.24, 2.45) is 5.73 Å². The molecule has 19 heavy (non-hydrogen) atoms. The predicted molar refractivity (Wildman–Crippen MR) is 74.7 cm³/mol. The highest BCUT2D eigenvalue weighted by molar-refractivity contribution is 5.37. The van der Waals surface area contributed by atoms with Gasteiger partial charge in [-0.25, -0.2) is 0 Å². The maximum atomic E-state index is 6.20. The van der Waals surface area contributed by atoms with E-state index in [1.54, 1.807) is 0 Å². The van der Waals surface area contributed by atoms with E-state index in [-0.39, 0.29) is 6.04 Å². The van der Waals surface area contributed by atoms with Crippen molar-refractivity contribution in [1.29, 1.82) is 0 Å². The van der Waals surface area contributed by atoms with Crippen molar-refractivity contribution >= 4 is 5.65 Å². The molecular formula is C15H16N4. The zero-order valence-corrected chi connectivity index (χ0v) is 10.6. The number of rotatable bonds is 4. The summed E-state index contributed by atoms with van der Waals surface area (Å²) in [5.74, 6) is 0.960. The van der Waals surface area contributed by atoms with Crippen molar-refractivity contribution < 1.29 is 0 Å². The molecule has 0 amide bonds. The van der Waals surface area contributed by atoms with E-state index in [9.17, 15) is 0 Å². The Labute approximate surface area is 111 Å². The molecule has 4 nitrogen and oxygen atoms in total. The Morgan fingerprint density at radius 1 is 1.00 bits per heavy atom. The Morgan fingerprint density at radius 2 is 1.79 bits per heavy atom. The summed E-state index contributed by atoms with van der Waals surface area (Å²) < 4.78 is 2.01. The molecule has 0 bridgehead atoms. The van der Waals surface area contributed by atoms with Gasteiger partial charge in [-0.05, 0) is 24.1 Å². The lowest BCUT2D eigenvalue weighted by Gasteiger charge is -2.10. The summed E-state index contributed by atoms with van der Waals surface area (Å²) in [6.45, 7) is 0. The number of fused-ring (bicyclic) bond motifs is 1. The van der Waals surface area contributed by atoms with Crippen LogP contribution in [0.5, 0.6) is 0 Å². The number of benzene rings is 1. The predicted octanol–water partition coefficient (Wildman–Crippen LogP) is 2.36. The molecule has 2 N–H and O–H groups in total. The van der Waals surface area contributed by atoms with Crippen LogP contribution in [0.1, 0.15) is 23.9 Å². The molecule has 0 fully saturated rings. The third-order valence-electron chi connectivity index (χ3n) is 3.29. The lowest BCUT2D eigenvalue weighted by Crippen LogP contribution is -2.12. The molecule has 0 spiro atoms. The monoisotopic (exact) mass is 252 g/mol. The van der Waals surface area contributed by atoms with Crippen LogP contribution in [0.4, 0.5) is 0 Å². The molecule has 0 saturated heterocycles. The molecule has 96 valence electrons. The minimum absolute atomic E-state index is 0.0391. The van der Waals surface area contributed by atoms with Gasteiger partial charge in [-0.2, -0.15) is 0 Å². The van der Waals surface area contributed by atoms with Crippen molar-refractivity contribution in [1.82, 2.24) is 14.6 Å². The highest BCUT2D eigenvalue weighted by Gasteiger charge is 2.09. The highest BCUT2D eigenvalue weighted by atomic mass is 15.2. The molecule has 3 aromatic rings. The number of hydrogen-bond donors (Lipinski definition) is 1. The van der Waals surface area contributed by atoms with Crippen molar-refractivity contribution in [3.05, 3.63) is 66.1 Å². The minimum Gasteiger partial charge on any atom is -0.324 e. The van der Waals surface area contributed by atoms with Crippen LogP contribution < -0.4 is 5.73 Å². The third-order valence-corrected chi connectivity index (χ3v) is 3.29. The quantitative estimate of drug-likeness (QED) is 0.775. The van der Waals surface area contributed by atoms with E-state index in [0.29, 0.717) is 0 Å². The molecule has 0 saturated carbocycles. The summed E-state index contributed by atoms with van der Waals surface area (Å²) in [7, 11) is 0. The van der Waals surface area contributed by atoms with Gasteiger partial charge in [0.25, 0.3) is 0 Å². The Balaban J connectivity index is 1.73. The molecule has 1 atom stereocenters. The number of aromatic nitrogens is 3. The second-order valence-corrected chi connectivity index (χ2v) is 4.60. The van der Waals surface area contributed by atoms with E-state index in [2.05, 4.69) is 22.3 Å². The fourth-order valence-corrected chi connectivity index (χ4v) is 2.21. The van der Waals surface area contributed by atoms with Crippen LogP contribution in [0, 0.1) is 0 Å². The first kappa shape index (κ1) is 11.9. The normalized spacial score (nSPS) is 12.7. The Kier molecular flexibility index (Phi) is 3.25. The van der Waals surface area contributed by atoms with Crippen LogP contribution in [0.2, 0.25) is 0 Å². The first-order valence-corrected chi connectivity index (χ1v) is 6.44. The maximum absolute atomic E-state index is 6.20. The van der Waals surface area contributed by atoms with Crippen molar-refractivity contribution in [3.63, 3.8) is 0 Å². The number of hydrogen-bond acceptors (Lipinski definition) is 3. The maximum Gasteiger partial charge on any atom is 0.160 e. The first-order valence-electron chi connectivity index (χ1n) is 6.44. The zero-order valence-electron chi connectivity index (χ0n) is 10.6. The lowest BCUT2D eigenvalue weighted by molar-refractivity contribution is 0.631. The molecular weight excluding hydrogens is 236 g/mol. The average molecular weight is 252 g/mol. The van der Waals surface area contributed by atoms with Gasteiger partial charge >= 0.3 is 0 Å². The van der Waals surface area contributed by atoms with Gasteiger partial charge in [0.1, 0.15) is 5.82 Å². The van der Waals surface area contributed by atoms with Crippen molar-refractivity contribution in [2.75, 3.05) is 0 Å². The van der Waals surface area contributed by atoms with Crippen LogP contribution in [0.3, 0.4) is 0 Å². The van der Waals surface area contributed by atoms with Gasteiger partial charge in [-0.15, -0.1) is 10.2 Å².